The van der Waals surface area contributed by atoms with Crippen molar-refractivity contribution in [3.8, 4) is 0 Å². The molecule has 1 atom stereocenters. The summed E-state index contributed by atoms with van der Waals surface area (Å²) in [6.07, 6.45) is 3.40. The maximum absolute atomic E-state index is 11.3. The monoisotopic (exact) mass is 200 g/mol. The largest absolute Gasteiger partial charge is 0.481 e. The van der Waals surface area contributed by atoms with Crippen LogP contribution in [0.3, 0.4) is 0 Å². The molecule has 1 aliphatic heterocycles. The Morgan fingerprint density at radius 1 is 1.50 bits per heavy atom. The van der Waals surface area contributed by atoms with E-state index in [1.807, 2.05) is 13.8 Å². The quantitative estimate of drug-likeness (QED) is 0.757. The Morgan fingerprint density at radius 2 is 2.14 bits per heavy atom. The van der Waals surface area contributed by atoms with Gasteiger partial charge in [0.15, 0.2) is 0 Å². The van der Waals surface area contributed by atoms with Crippen LogP contribution in [0.1, 0.15) is 39.5 Å². The molecule has 82 valence electrons. The van der Waals surface area contributed by atoms with Crippen molar-refractivity contribution in [2.75, 3.05) is 13.2 Å². The van der Waals surface area contributed by atoms with E-state index in [4.69, 9.17) is 4.74 Å². The summed E-state index contributed by atoms with van der Waals surface area (Å²) < 4.78 is 5.38. The van der Waals surface area contributed by atoms with Crippen molar-refractivity contribution in [3.05, 3.63) is 0 Å². The fourth-order valence-electron chi connectivity index (χ4n) is 2.48. The molecule has 1 N–H and O–H groups in total. The lowest BCUT2D eigenvalue weighted by molar-refractivity contribution is -0.157. The van der Waals surface area contributed by atoms with Crippen LogP contribution >= 0.6 is 0 Å². The Kier molecular flexibility index (Phi) is 3.93. The van der Waals surface area contributed by atoms with E-state index in [1.165, 1.54) is 0 Å². The molecule has 1 saturated heterocycles. The van der Waals surface area contributed by atoms with Crippen molar-refractivity contribution in [1.29, 1.82) is 0 Å². The summed E-state index contributed by atoms with van der Waals surface area (Å²) in [5.74, 6) is -0.457. The third-order valence-electron chi connectivity index (χ3n) is 3.63. The molecule has 0 saturated carbocycles. The zero-order chi connectivity index (χ0) is 10.6. The van der Waals surface area contributed by atoms with Crippen LogP contribution in [0.5, 0.6) is 0 Å². The zero-order valence-corrected chi connectivity index (χ0v) is 9.08. The first-order chi connectivity index (χ1) is 6.67. The average molecular weight is 200 g/mol. The van der Waals surface area contributed by atoms with Crippen molar-refractivity contribution >= 4 is 5.97 Å². The van der Waals surface area contributed by atoms with Crippen LogP contribution in [-0.2, 0) is 9.53 Å². The van der Waals surface area contributed by atoms with Crippen LogP contribution in [0.2, 0.25) is 0 Å². The maximum atomic E-state index is 11.3. The fraction of sp³-hybridized carbons (Fsp3) is 0.909. The minimum atomic E-state index is -0.655. The first kappa shape index (κ1) is 11.5. The minimum Gasteiger partial charge on any atom is -0.481 e. The number of carboxylic acids is 1. The number of aliphatic carboxylic acids is 1. The molecule has 0 amide bonds. The topological polar surface area (TPSA) is 46.5 Å². The second-order valence-corrected chi connectivity index (χ2v) is 4.08. The highest BCUT2D eigenvalue weighted by Gasteiger charge is 2.43. The molecule has 1 unspecified atom stereocenters. The SMILES string of the molecule is CCC(CC)(C(=O)O)C1CCCOC1. The molecule has 0 aromatic carbocycles. The van der Waals surface area contributed by atoms with Gasteiger partial charge in [-0.25, -0.2) is 0 Å². The standard InChI is InChI=1S/C11H20O3/c1-3-11(4-2,10(12)13)9-6-5-7-14-8-9/h9H,3-8H2,1-2H3,(H,12,13). The number of hydrogen-bond acceptors (Lipinski definition) is 2. The van der Waals surface area contributed by atoms with Gasteiger partial charge in [0.05, 0.1) is 12.0 Å². The van der Waals surface area contributed by atoms with Gasteiger partial charge >= 0.3 is 5.97 Å². The molecule has 1 fully saturated rings. The molecule has 0 spiro atoms. The van der Waals surface area contributed by atoms with E-state index in [9.17, 15) is 9.90 Å². The van der Waals surface area contributed by atoms with Gasteiger partial charge in [0, 0.05) is 6.61 Å². The number of hydrogen-bond donors (Lipinski definition) is 1. The highest BCUT2D eigenvalue weighted by molar-refractivity contribution is 5.75. The van der Waals surface area contributed by atoms with E-state index in [-0.39, 0.29) is 5.92 Å². The summed E-state index contributed by atoms with van der Waals surface area (Å²) in [6, 6.07) is 0. The van der Waals surface area contributed by atoms with Gasteiger partial charge in [-0.15, -0.1) is 0 Å². The number of ether oxygens (including phenoxy) is 1. The lowest BCUT2D eigenvalue weighted by Crippen LogP contribution is -2.41. The predicted octanol–water partition coefficient (Wildman–Crippen LogP) is 2.30. The van der Waals surface area contributed by atoms with Gasteiger partial charge in [-0.2, -0.15) is 0 Å². The van der Waals surface area contributed by atoms with Crippen LogP contribution in [-0.4, -0.2) is 24.3 Å². The van der Waals surface area contributed by atoms with E-state index in [0.717, 1.165) is 19.4 Å². The van der Waals surface area contributed by atoms with Crippen molar-refractivity contribution in [1.82, 2.24) is 0 Å². The van der Waals surface area contributed by atoms with Crippen LogP contribution in [0.15, 0.2) is 0 Å². The molecule has 0 aliphatic carbocycles. The van der Waals surface area contributed by atoms with Crippen molar-refractivity contribution < 1.29 is 14.6 Å². The Hall–Kier alpha value is -0.570. The van der Waals surface area contributed by atoms with Gasteiger partial charge in [-0.3, -0.25) is 4.79 Å². The summed E-state index contributed by atoms with van der Waals surface area (Å²) in [7, 11) is 0. The number of carbonyl (C=O) groups is 1. The smallest absolute Gasteiger partial charge is 0.309 e. The molecule has 0 aromatic heterocycles. The molecule has 0 radical (unpaired) electrons. The molecule has 1 aliphatic rings. The van der Waals surface area contributed by atoms with Crippen molar-refractivity contribution in [2.24, 2.45) is 11.3 Å². The first-order valence-electron chi connectivity index (χ1n) is 5.48. The van der Waals surface area contributed by atoms with Crippen LogP contribution in [0.25, 0.3) is 0 Å². The Bertz CT molecular complexity index is 191. The lowest BCUT2D eigenvalue weighted by Gasteiger charge is -2.37. The third kappa shape index (κ3) is 1.92. The summed E-state index contributed by atoms with van der Waals surface area (Å²) in [4.78, 5) is 11.3. The third-order valence-corrected chi connectivity index (χ3v) is 3.63. The van der Waals surface area contributed by atoms with Gasteiger partial charge < -0.3 is 9.84 Å². The molecular weight excluding hydrogens is 180 g/mol. The van der Waals surface area contributed by atoms with E-state index in [2.05, 4.69) is 0 Å². The average Bonchev–Trinajstić information content (AvgIpc) is 2.22. The Balaban J connectivity index is 2.78. The molecule has 1 heterocycles. The molecule has 1 rings (SSSR count). The normalized spacial score (nSPS) is 23.4. The van der Waals surface area contributed by atoms with Gasteiger partial charge in [-0.1, -0.05) is 13.8 Å². The van der Waals surface area contributed by atoms with Crippen LogP contribution < -0.4 is 0 Å². The predicted molar refractivity (Wildman–Crippen MR) is 54.2 cm³/mol. The van der Waals surface area contributed by atoms with Crippen LogP contribution in [0.4, 0.5) is 0 Å². The molecule has 0 bridgehead atoms. The minimum absolute atomic E-state index is 0.198. The Morgan fingerprint density at radius 3 is 2.50 bits per heavy atom. The van der Waals surface area contributed by atoms with Gasteiger partial charge in [0.1, 0.15) is 0 Å². The number of rotatable bonds is 4. The van der Waals surface area contributed by atoms with E-state index >= 15 is 0 Å². The van der Waals surface area contributed by atoms with E-state index in [1.54, 1.807) is 0 Å². The second-order valence-electron chi connectivity index (χ2n) is 4.08. The molecule has 0 aromatic rings. The number of carboxylic acid groups (broad SMARTS) is 1. The molecule has 3 heteroatoms. The highest BCUT2D eigenvalue weighted by atomic mass is 16.5. The second kappa shape index (κ2) is 4.78. The first-order valence-corrected chi connectivity index (χ1v) is 5.48. The lowest BCUT2D eigenvalue weighted by atomic mass is 9.69. The molecule has 14 heavy (non-hydrogen) atoms. The van der Waals surface area contributed by atoms with E-state index < -0.39 is 11.4 Å². The zero-order valence-electron chi connectivity index (χ0n) is 9.08. The highest BCUT2D eigenvalue weighted by Crippen LogP contribution is 2.40. The summed E-state index contributed by atoms with van der Waals surface area (Å²) in [6.45, 7) is 5.34. The van der Waals surface area contributed by atoms with Gasteiger partial charge in [0.2, 0.25) is 0 Å². The van der Waals surface area contributed by atoms with Gasteiger partial charge in [0.25, 0.3) is 0 Å². The molecular formula is C11H20O3. The van der Waals surface area contributed by atoms with Crippen molar-refractivity contribution in [2.45, 2.75) is 39.5 Å². The summed E-state index contributed by atoms with van der Waals surface area (Å²) in [5.41, 5.74) is -0.555. The van der Waals surface area contributed by atoms with E-state index in [0.29, 0.717) is 19.4 Å². The Labute approximate surface area is 85.5 Å². The van der Waals surface area contributed by atoms with Gasteiger partial charge in [-0.05, 0) is 31.6 Å². The maximum Gasteiger partial charge on any atom is 0.309 e. The van der Waals surface area contributed by atoms with Crippen LogP contribution in [0, 0.1) is 11.3 Å². The molecule has 3 nitrogen and oxygen atoms in total. The summed E-state index contributed by atoms with van der Waals surface area (Å²) >= 11 is 0. The van der Waals surface area contributed by atoms with Crippen molar-refractivity contribution in [3.63, 3.8) is 0 Å². The summed E-state index contributed by atoms with van der Waals surface area (Å²) in [5, 5.41) is 9.32. The fourth-order valence-corrected chi connectivity index (χ4v) is 2.48.